The number of carboxylic acid groups (broad SMARTS) is 1. The number of carbonyl (C=O) groups is 1. The van der Waals surface area contributed by atoms with Crippen LogP contribution < -0.4 is 5.73 Å². The molecule has 188 valence electrons. The first-order chi connectivity index (χ1) is 14.6. The second kappa shape index (κ2) is 10.0. The van der Waals surface area contributed by atoms with Gasteiger partial charge in [0.1, 0.15) is 30.5 Å². The van der Waals surface area contributed by atoms with E-state index in [0.717, 1.165) is 0 Å². The molecule has 2 heterocycles. The highest BCUT2D eigenvalue weighted by molar-refractivity contribution is 7.81. The van der Waals surface area contributed by atoms with E-state index in [1.807, 2.05) is 0 Å². The zero-order valence-electron chi connectivity index (χ0n) is 15.6. The van der Waals surface area contributed by atoms with E-state index in [-0.39, 0.29) is 0 Å². The fraction of sp³-hybridized carbons (Fsp3) is 0.917. The molecular weight excluding hydrogens is 494 g/mol. The number of hydrogen-bond acceptors (Lipinski definition) is 15. The van der Waals surface area contributed by atoms with E-state index in [1.165, 1.54) is 0 Å². The van der Waals surface area contributed by atoms with Crippen LogP contribution >= 0.6 is 0 Å². The smallest absolute Gasteiger partial charge is 0.397 e. The van der Waals surface area contributed by atoms with Gasteiger partial charge in [-0.05, 0) is 0 Å². The molecule has 0 bridgehead atoms. The van der Waals surface area contributed by atoms with Crippen molar-refractivity contribution in [2.75, 3.05) is 6.61 Å². The molecule has 10 atom stereocenters. The van der Waals surface area contributed by atoms with Gasteiger partial charge in [-0.3, -0.25) is 9.11 Å². The molecule has 2 saturated heterocycles. The summed E-state index contributed by atoms with van der Waals surface area (Å²) in [7, 11) is -10.5. The number of nitrogens with two attached hydrogens (primary N) is 1. The average Bonchev–Trinajstić information content (AvgIpc) is 2.64. The first-order valence-corrected chi connectivity index (χ1v) is 11.2. The normalized spacial score (nSPS) is 41.3. The molecule has 0 radical (unpaired) electrons. The fourth-order valence-electron chi connectivity index (χ4n) is 3.06. The fourth-order valence-corrected chi connectivity index (χ4v) is 4.08. The van der Waals surface area contributed by atoms with Crippen molar-refractivity contribution < 1.29 is 78.8 Å². The summed E-state index contributed by atoms with van der Waals surface area (Å²) < 4.78 is 84.9. The van der Waals surface area contributed by atoms with Gasteiger partial charge in [0.15, 0.2) is 24.8 Å². The lowest BCUT2D eigenvalue weighted by atomic mass is 9.96. The van der Waals surface area contributed by atoms with Crippen LogP contribution in [0.4, 0.5) is 0 Å². The first kappa shape index (κ1) is 27.1. The molecule has 2 aliphatic rings. The summed E-state index contributed by atoms with van der Waals surface area (Å²) >= 11 is 0. The van der Waals surface area contributed by atoms with Gasteiger partial charge in [-0.1, -0.05) is 0 Å². The third-order valence-electron chi connectivity index (χ3n) is 4.44. The Hall–Kier alpha value is -1.11. The minimum absolute atomic E-state index is 0.974. The van der Waals surface area contributed by atoms with Crippen molar-refractivity contribution in [2.24, 2.45) is 5.73 Å². The number of rotatable bonds is 8. The predicted molar refractivity (Wildman–Crippen MR) is 92.0 cm³/mol. The van der Waals surface area contributed by atoms with Crippen LogP contribution in [0.3, 0.4) is 0 Å². The molecule has 0 unspecified atom stereocenters. The standard InChI is InChI=1S/C12H21NO17S2/c13-3-6(29-31(20,21)22)4(15)2(1-14)26-12(3)28-7-5(16)8(30-32(23,24)25)11(19)27-9(7)10(17)18/h2-9,11-12,14-16,19H,1,13H2,(H,17,18)(H,20,21,22)(H,23,24,25)/t2-,3-,4-,5+,6-,7+,8-,9-,11-,12-/m1/s1. The maximum absolute atomic E-state index is 11.5. The zero-order chi connectivity index (χ0) is 24.6. The van der Waals surface area contributed by atoms with Gasteiger partial charge in [0.2, 0.25) is 0 Å². The van der Waals surface area contributed by atoms with Crippen LogP contribution in [0.15, 0.2) is 0 Å². The zero-order valence-corrected chi connectivity index (χ0v) is 17.2. The van der Waals surface area contributed by atoms with Crippen LogP contribution in [-0.2, 0) is 48.2 Å². The Kier molecular flexibility index (Phi) is 8.50. The van der Waals surface area contributed by atoms with Gasteiger partial charge < -0.3 is 45.5 Å². The summed E-state index contributed by atoms with van der Waals surface area (Å²) in [4.78, 5) is 11.5. The summed E-state index contributed by atoms with van der Waals surface area (Å²) in [5.41, 5.74) is 5.71. The van der Waals surface area contributed by atoms with Crippen LogP contribution in [0.1, 0.15) is 0 Å². The largest absolute Gasteiger partial charge is 0.479 e. The maximum Gasteiger partial charge on any atom is 0.397 e. The molecule has 0 saturated carbocycles. The Labute approximate surface area is 179 Å². The second-order valence-electron chi connectivity index (χ2n) is 6.65. The summed E-state index contributed by atoms with van der Waals surface area (Å²) in [5, 5.41) is 48.7. The van der Waals surface area contributed by atoms with Gasteiger partial charge >= 0.3 is 26.8 Å². The van der Waals surface area contributed by atoms with Gasteiger partial charge in [-0.15, -0.1) is 0 Å². The van der Waals surface area contributed by atoms with E-state index in [1.54, 1.807) is 0 Å². The van der Waals surface area contributed by atoms with Crippen molar-refractivity contribution in [1.82, 2.24) is 0 Å². The van der Waals surface area contributed by atoms with Crippen molar-refractivity contribution in [3.8, 4) is 0 Å². The van der Waals surface area contributed by atoms with Crippen molar-refractivity contribution in [2.45, 2.75) is 61.3 Å². The van der Waals surface area contributed by atoms with Gasteiger partial charge in [-0.25, -0.2) is 13.2 Å². The SMILES string of the molecule is N[C@H]1[C@@H](O[C@H]2[C@H](O)[C@@H](OS(=O)(=O)O)[C@H](O)O[C@H]2C(=O)O)O[C@H](CO)[C@@H](O)[C@@H]1OS(=O)(=O)O. The Morgan fingerprint density at radius 2 is 1.44 bits per heavy atom. The number of aliphatic hydroxyl groups excluding tert-OH is 4. The molecule has 2 aliphatic heterocycles. The molecule has 20 heteroatoms. The highest BCUT2D eigenvalue weighted by atomic mass is 32.3. The third-order valence-corrected chi connectivity index (χ3v) is 5.37. The maximum atomic E-state index is 11.5. The second-order valence-corrected chi connectivity index (χ2v) is 8.74. The van der Waals surface area contributed by atoms with Crippen molar-refractivity contribution in [3.05, 3.63) is 0 Å². The van der Waals surface area contributed by atoms with Crippen LogP contribution in [0, 0.1) is 0 Å². The summed E-state index contributed by atoms with van der Waals surface area (Å²) in [6.07, 6.45) is -18.9. The average molecular weight is 515 g/mol. The Morgan fingerprint density at radius 3 is 1.91 bits per heavy atom. The van der Waals surface area contributed by atoms with Gasteiger partial charge in [0, 0.05) is 0 Å². The van der Waals surface area contributed by atoms with E-state index in [9.17, 15) is 47.2 Å². The number of ether oxygens (including phenoxy) is 3. The minimum Gasteiger partial charge on any atom is -0.479 e. The lowest BCUT2D eigenvalue weighted by Gasteiger charge is -2.45. The topological polar surface area (TPSA) is 299 Å². The van der Waals surface area contributed by atoms with E-state index in [2.05, 4.69) is 13.1 Å². The number of aliphatic hydroxyl groups is 4. The summed E-state index contributed by atoms with van der Waals surface area (Å²) in [5.74, 6) is -1.84. The van der Waals surface area contributed by atoms with Gasteiger partial charge in [-0.2, -0.15) is 16.8 Å². The molecule has 0 spiro atoms. The van der Waals surface area contributed by atoms with Crippen LogP contribution in [0.25, 0.3) is 0 Å². The number of aliphatic carboxylic acids is 1. The number of carboxylic acids is 1. The highest BCUT2D eigenvalue weighted by Gasteiger charge is 2.54. The highest BCUT2D eigenvalue weighted by Crippen LogP contribution is 2.31. The molecular formula is C12H21NO17S2. The van der Waals surface area contributed by atoms with E-state index < -0.39 is 94.7 Å². The van der Waals surface area contributed by atoms with Crippen molar-refractivity contribution in [3.63, 3.8) is 0 Å². The Bertz CT molecular complexity index is 878. The van der Waals surface area contributed by atoms with E-state index >= 15 is 0 Å². The summed E-state index contributed by atoms with van der Waals surface area (Å²) in [6.45, 7) is -0.974. The quantitative estimate of drug-likeness (QED) is 0.140. The number of hydrogen-bond donors (Lipinski definition) is 8. The molecule has 9 N–H and O–H groups in total. The Morgan fingerprint density at radius 1 is 0.906 bits per heavy atom. The van der Waals surface area contributed by atoms with Gasteiger partial charge in [0.05, 0.1) is 12.6 Å². The monoisotopic (exact) mass is 515 g/mol. The molecule has 0 aliphatic carbocycles. The lowest BCUT2D eigenvalue weighted by molar-refractivity contribution is -0.330. The lowest BCUT2D eigenvalue weighted by Crippen LogP contribution is -2.67. The molecule has 18 nitrogen and oxygen atoms in total. The molecule has 0 amide bonds. The Balaban J connectivity index is 2.34. The van der Waals surface area contributed by atoms with E-state index in [4.69, 9.17) is 24.3 Å². The predicted octanol–water partition coefficient (Wildman–Crippen LogP) is -5.68. The molecule has 0 aromatic carbocycles. The molecule has 2 fully saturated rings. The van der Waals surface area contributed by atoms with Gasteiger partial charge in [0.25, 0.3) is 0 Å². The molecule has 0 aromatic rings. The van der Waals surface area contributed by atoms with Crippen molar-refractivity contribution in [1.29, 1.82) is 0 Å². The first-order valence-electron chi connectivity index (χ1n) is 8.47. The van der Waals surface area contributed by atoms with Crippen LogP contribution in [0.2, 0.25) is 0 Å². The van der Waals surface area contributed by atoms with Crippen molar-refractivity contribution >= 4 is 26.8 Å². The summed E-state index contributed by atoms with van der Waals surface area (Å²) in [6, 6.07) is -1.82. The molecule has 0 aromatic heterocycles. The molecule has 32 heavy (non-hydrogen) atoms. The third kappa shape index (κ3) is 6.48. The van der Waals surface area contributed by atoms with Crippen LogP contribution in [0.5, 0.6) is 0 Å². The van der Waals surface area contributed by atoms with Crippen LogP contribution in [-0.4, -0.2) is 125 Å². The minimum atomic E-state index is -5.28. The van der Waals surface area contributed by atoms with E-state index in [0.29, 0.717) is 0 Å². The molecule has 2 rings (SSSR count).